The minimum absolute atomic E-state index is 0.368. The van der Waals surface area contributed by atoms with Gasteiger partial charge >= 0.3 is 5.97 Å². The molecule has 0 aromatic carbocycles. The Balaban J connectivity index is 2.61. The highest BCUT2D eigenvalue weighted by molar-refractivity contribution is 8.01. The molecule has 0 atom stereocenters. The average molecular weight is 259 g/mol. The van der Waals surface area contributed by atoms with Crippen molar-refractivity contribution in [1.29, 1.82) is 0 Å². The van der Waals surface area contributed by atoms with Crippen molar-refractivity contribution in [2.75, 3.05) is 5.75 Å². The van der Waals surface area contributed by atoms with Crippen LogP contribution in [0.15, 0.2) is 4.34 Å². The van der Waals surface area contributed by atoms with Gasteiger partial charge < -0.3 is 5.11 Å². The van der Waals surface area contributed by atoms with Gasteiger partial charge in [-0.25, -0.2) is 9.78 Å². The van der Waals surface area contributed by atoms with Crippen molar-refractivity contribution >= 4 is 29.1 Å². The lowest BCUT2D eigenvalue weighted by atomic mass is 10.1. The first-order valence-electron chi connectivity index (χ1n) is 5.41. The second-order valence-electron chi connectivity index (χ2n) is 3.69. The van der Waals surface area contributed by atoms with E-state index in [0.717, 1.165) is 10.1 Å². The van der Waals surface area contributed by atoms with Crippen LogP contribution < -0.4 is 0 Å². The van der Waals surface area contributed by atoms with Crippen LogP contribution in [0.5, 0.6) is 0 Å². The Labute approximate surface area is 104 Å². The summed E-state index contributed by atoms with van der Waals surface area (Å²) in [7, 11) is 0. The van der Waals surface area contributed by atoms with Crippen molar-refractivity contribution in [2.24, 2.45) is 5.92 Å². The lowest BCUT2D eigenvalue weighted by Crippen LogP contribution is -1.99. The SMILES string of the molecule is CCC(CC)CSc1nc(C)c(C(=O)O)s1. The van der Waals surface area contributed by atoms with E-state index in [0.29, 0.717) is 16.5 Å². The van der Waals surface area contributed by atoms with Crippen LogP contribution in [-0.4, -0.2) is 21.8 Å². The Morgan fingerprint density at radius 2 is 2.12 bits per heavy atom. The quantitative estimate of drug-likeness (QED) is 0.792. The molecule has 1 aromatic heterocycles. The van der Waals surface area contributed by atoms with E-state index in [4.69, 9.17) is 5.11 Å². The van der Waals surface area contributed by atoms with E-state index in [-0.39, 0.29) is 0 Å². The number of carboxylic acids is 1. The molecular weight excluding hydrogens is 242 g/mol. The fraction of sp³-hybridized carbons (Fsp3) is 0.636. The van der Waals surface area contributed by atoms with E-state index >= 15 is 0 Å². The largest absolute Gasteiger partial charge is 0.477 e. The molecule has 0 bridgehead atoms. The Bertz CT molecular complexity index is 359. The molecule has 0 aliphatic rings. The summed E-state index contributed by atoms with van der Waals surface area (Å²) in [5, 5.41) is 8.91. The van der Waals surface area contributed by atoms with Gasteiger partial charge in [0, 0.05) is 5.75 Å². The maximum Gasteiger partial charge on any atom is 0.347 e. The summed E-state index contributed by atoms with van der Waals surface area (Å²) < 4.78 is 0.877. The zero-order valence-electron chi connectivity index (χ0n) is 9.82. The fourth-order valence-electron chi connectivity index (χ4n) is 1.35. The van der Waals surface area contributed by atoms with Crippen LogP contribution in [0.25, 0.3) is 0 Å². The summed E-state index contributed by atoms with van der Waals surface area (Å²) in [6.07, 6.45) is 2.33. The highest BCUT2D eigenvalue weighted by Crippen LogP contribution is 2.29. The first kappa shape index (κ1) is 13.5. The molecule has 90 valence electrons. The van der Waals surface area contributed by atoms with Crippen molar-refractivity contribution in [1.82, 2.24) is 4.98 Å². The summed E-state index contributed by atoms with van der Waals surface area (Å²) in [6, 6.07) is 0. The first-order chi connectivity index (χ1) is 7.58. The van der Waals surface area contributed by atoms with Gasteiger partial charge in [0.15, 0.2) is 4.34 Å². The molecule has 1 aromatic rings. The zero-order valence-corrected chi connectivity index (χ0v) is 11.5. The molecule has 16 heavy (non-hydrogen) atoms. The van der Waals surface area contributed by atoms with E-state index < -0.39 is 5.97 Å². The van der Waals surface area contributed by atoms with Crippen LogP contribution in [0, 0.1) is 12.8 Å². The molecule has 0 saturated carbocycles. The first-order valence-corrected chi connectivity index (χ1v) is 7.22. The summed E-state index contributed by atoms with van der Waals surface area (Å²) in [5.74, 6) is 0.853. The number of carboxylic acid groups (broad SMARTS) is 1. The Morgan fingerprint density at radius 1 is 1.50 bits per heavy atom. The maximum absolute atomic E-state index is 10.8. The number of carbonyl (C=O) groups is 1. The van der Waals surface area contributed by atoms with E-state index in [9.17, 15) is 4.79 Å². The zero-order chi connectivity index (χ0) is 12.1. The van der Waals surface area contributed by atoms with Gasteiger partial charge in [0.05, 0.1) is 5.69 Å². The van der Waals surface area contributed by atoms with Crippen LogP contribution in [0.1, 0.15) is 42.1 Å². The molecule has 3 nitrogen and oxygen atoms in total. The van der Waals surface area contributed by atoms with Crippen LogP contribution in [0.4, 0.5) is 0 Å². The molecule has 1 heterocycles. The Kier molecular flexibility index (Phi) is 5.28. The lowest BCUT2D eigenvalue weighted by molar-refractivity contribution is 0.0701. The molecule has 0 unspecified atom stereocenters. The van der Waals surface area contributed by atoms with Crippen molar-refractivity contribution in [3.8, 4) is 0 Å². The smallest absolute Gasteiger partial charge is 0.347 e. The highest BCUT2D eigenvalue weighted by atomic mass is 32.2. The molecule has 0 fully saturated rings. The lowest BCUT2D eigenvalue weighted by Gasteiger charge is -2.09. The number of aromatic carboxylic acids is 1. The minimum Gasteiger partial charge on any atom is -0.477 e. The standard InChI is InChI=1S/C11H17NO2S2/c1-4-8(5-2)6-15-11-12-7(3)9(16-11)10(13)14/h8H,4-6H2,1-3H3,(H,13,14). The van der Waals surface area contributed by atoms with Gasteiger partial charge in [-0.2, -0.15) is 0 Å². The van der Waals surface area contributed by atoms with E-state index in [1.165, 1.54) is 24.2 Å². The molecule has 0 saturated heterocycles. The molecule has 0 aliphatic carbocycles. The number of aryl methyl sites for hydroxylation is 1. The minimum atomic E-state index is -0.871. The Morgan fingerprint density at radius 3 is 2.56 bits per heavy atom. The number of nitrogens with zero attached hydrogens (tertiary/aromatic N) is 1. The van der Waals surface area contributed by atoms with Crippen molar-refractivity contribution < 1.29 is 9.90 Å². The molecule has 0 amide bonds. The predicted molar refractivity (Wildman–Crippen MR) is 68.6 cm³/mol. The number of hydrogen-bond acceptors (Lipinski definition) is 4. The summed E-state index contributed by atoms with van der Waals surface area (Å²) in [4.78, 5) is 15.5. The fourth-order valence-corrected chi connectivity index (χ4v) is 3.72. The van der Waals surface area contributed by atoms with E-state index in [2.05, 4.69) is 18.8 Å². The topological polar surface area (TPSA) is 50.2 Å². The summed E-state index contributed by atoms with van der Waals surface area (Å²) >= 11 is 2.96. The van der Waals surface area contributed by atoms with Gasteiger partial charge in [0.1, 0.15) is 4.88 Å². The number of thioether (sulfide) groups is 1. The second kappa shape index (κ2) is 6.25. The molecule has 5 heteroatoms. The van der Waals surface area contributed by atoms with E-state index in [1.54, 1.807) is 18.7 Å². The monoisotopic (exact) mass is 259 g/mol. The predicted octanol–water partition coefficient (Wildman–Crippen LogP) is 3.68. The third kappa shape index (κ3) is 3.49. The summed E-state index contributed by atoms with van der Waals surface area (Å²) in [6.45, 7) is 6.12. The van der Waals surface area contributed by atoms with Crippen LogP contribution >= 0.6 is 23.1 Å². The van der Waals surface area contributed by atoms with Gasteiger partial charge in [-0.15, -0.1) is 11.3 Å². The van der Waals surface area contributed by atoms with Gasteiger partial charge in [0.2, 0.25) is 0 Å². The highest BCUT2D eigenvalue weighted by Gasteiger charge is 2.15. The van der Waals surface area contributed by atoms with Crippen molar-refractivity contribution in [3.05, 3.63) is 10.6 Å². The normalized spacial score (nSPS) is 11.0. The third-order valence-corrected chi connectivity index (χ3v) is 5.09. The molecule has 0 radical (unpaired) electrons. The van der Waals surface area contributed by atoms with Gasteiger partial charge in [-0.1, -0.05) is 38.5 Å². The number of rotatable bonds is 6. The molecule has 1 N–H and O–H groups in total. The van der Waals surface area contributed by atoms with Gasteiger partial charge in [-0.3, -0.25) is 0 Å². The number of hydrogen-bond donors (Lipinski definition) is 1. The van der Waals surface area contributed by atoms with Crippen molar-refractivity contribution in [2.45, 2.75) is 38.0 Å². The van der Waals surface area contributed by atoms with Crippen LogP contribution in [-0.2, 0) is 0 Å². The number of thiazole rings is 1. The number of aromatic nitrogens is 1. The molecule has 0 spiro atoms. The maximum atomic E-state index is 10.8. The van der Waals surface area contributed by atoms with E-state index in [1.807, 2.05) is 0 Å². The van der Waals surface area contributed by atoms with Gasteiger partial charge in [0.25, 0.3) is 0 Å². The molecular formula is C11H17NO2S2. The second-order valence-corrected chi connectivity index (χ2v) is 5.96. The third-order valence-electron chi connectivity index (χ3n) is 2.57. The van der Waals surface area contributed by atoms with Crippen LogP contribution in [0.3, 0.4) is 0 Å². The summed E-state index contributed by atoms with van der Waals surface area (Å²) in [5.41, 5.74) is 0.629. The Hall–Kier alpha value is -0.550. The van der Waals surface area contributed by atoms with Gasteiger partial charge in [-0.05, 0) is 12.8 Å². The molecule has 0 aliphatic heterocycles. The average Bonchev–Trinajstić information content (AvgIpc) is 2.61. The molecule has 1 rings (SSSR count). The van der Waals surface area contributed by atoms with Crippen molar-refractivity contribution in [3.63, 3.8) is 0 Å². The van der Waals surface area contributed by atoms with Crippen LogP contribution in [0.2, 0.25) is 0 Å².